The van der Waals surface area contributed by atoms with E-state index in [-0.39, 0.29) is 16.7 Å². The van der Waals surface area contributed by atoms with Gasteiger partial charge < -0.3 is 5.73 Å². The van der Waals surface area contributed by atoms with Gasteiger partial charge in [0.05, 0.1) is 7.05 Å². The minimum absolute atomic E-state index is 0.0936. The first-order chi connectivity index (χ1) is 7.99. The van der Waals surface area contributed by atoms with E-state index in [1.807, 2.05) is 0 Å². The summed E-state index contributed by atoms with van der Waals surface area (Å²) >= 11 is 0. The number of nitrogens with two attached hydrogens (primary N) is 1. The summed E-state index contributed by atoms with van der Waals surface area (Å²) in [6.07, 6.45) is 1.40. The average molecular weight is 255 g/mol. The quantitative estimate of drug-likeness (QED) is 0.718. The topological polar surface area (TPSA) is 129 Å². The molecule has 0 bridgehead atoms. The van der Waals surface area contributed by atoms with Gasteiger partial charge in [0, 0.05) is 6.20 Å². The number of rotatable bonds is 3. The first kappa shape index (κ1) is 11.3. The molecule has 9 nitrogen and oxygen atoms in total. The number of nitrogens with one attached hydrogen (secondary N) is 1. The number of sulfonamides is 1. The Kier molecular flexibility index (Phi) is 2.63. The van der Waals surface area contributed by atoms with Crippen LogP contribution in [0.4, 0.5) is 11.8 Å². The predicted octanol–water partition coefficient (Wildman–Crippen LogP) is -1.01. The molecule has 0 saturated carbocycles. The highest BCUT2D eigenvalue weighted by Gasteiger charge is 2.19. The van der Waals surface area contributed by atoms with E-state index in [0.29, 0.717) is 0 Å². The highest BCUT2D eigenvalue weighted by atomic mass is 32.2. The number of nitrogens with zero attached hydrogens (tertiary/aromatic N) is 5. The van der Waals surface area contributed by atoms with Gasteiger partial charge in [-0.15, -0.1) is 5.10 Å². The van der Waals surface area contributed by atoms with Crippen LogP contribution in [0.15, 0.2) is 23.2 Å². The Hall–Kier alpha value is -2.23. The smallest absolute Gasteiger partial charge is 0.277 e. The van der Waals surface area contributed by atoms with Crippen molar-refractivity contribution in [1.82, 2.24) is 25.2 Å². The monoisotopic (exact) mass is 255 g/mol. The molecule has 0 atom stereocenters. The first-order valence-corrected chi connectivity index (χ1v) is 5.94. The van der Waals surface area contributed by atoms with Crippen molar-refractivity contribution in [2.45, 2.75) is 4.90 Å². The maximum absolute atomic E-state index is 11.9. The Labute approximate surface area is 96.7 Å². The number of aromatic nitrogens is 5. The summed E-state index contributed by atoms with van der Waals surface area (Å²) in [6, 6.07) is 2.80. The summed E-state index contributed by atoms with van der Waals surface area (Å²) in [5, 5.41) is 10.7. The van der Waals surface area contributed by atoms with E-state index in [0.717, 1.165) is 4.80 Å². The first-order valence-electron chi connectivity index (χ1n) is 4.46. The van der Waals surface area contributed by atoms with Crippen LogP contribution in [0.5, 0.6) is 0 Å². The van der Waals surface area contributed by atoms with Gasteiger partial charge in [-0.2, -0.15) is 4.80 Å². The summed E-state index contributed by atoms with van der Waals surface area (Å²) in [5.74, 6) is -0.223. The minimum Gasteiger partial charge on any atom is -0.383 e. The molecule has 0 radical (unpaired) electrons. The molecule has 90 valence electrons. The van der Waals surface area contributed by atoms with Crippen LogP contribution in [0.25, 0.3) is 0 Å². The van der Waals surface area contributed by atoms with Gasteiger partial charge in [-0.1, -0.05) is 5.10 Å². The SMILES string of the molecule is Cn1nnc(NS(=O)(=O)c2cccnc2N)n1. The molecule has 0 fully saturated rings. The van der Waals surface area contributed by atoms with Crippen molar-refractivity contribution in [3.05, 3.63) is 18.3 Å². The number of nitrogen functional groups attached to an aromatic ring is 1. The second kappa shape index (κ2) is 3.97. The predicted molar refractivity (Wildman–Crippen MR) is 58.3 cm³/mol. The summed E-state index contributed by atoms with van der Waals surface area (Å²) in [6.45, 7) is 0. The van der Waals surface area contributed by atoms with Gasteiger partial charge >= 0.3 is 0 Å². The molecule has 0 unspecified atom stereocenters. The van der Waals surface area contributed by atoms with Gasteiger partial charge in [0.25, 0.3) is 16.0 Å². The lowest BCUT2D eigenvalue weighted by Crippen LogP contribution is -2.16. The zero-order chi connectivity index (χ0) is 12.5. The van der Waals surface area contributed by atoms with Crippen LogP contribution >= 0.6 is 0 Å². The average Bonchev–Trinajstić information content (AvgIpc) is 2.63. The number of hydrogen-bond donors (Lipinski definition) is 2. The van der Waals surface area contributed by atoms with Crippen molar-refractivity contribution in [3.8, 4) is 0 Å². The molecule has 0 spiro atoms. The summed E-state index contributed by atoms with van der Waals surface area (Å²) in [5.41, 5.74) is 5.47. The van der Waals surface area contributed by atoms with Gasteiger partial charge in [-0.05, 0) is 17.3 Å². The fraction of sp³-hybridized carbons (Fsp3) is 0.143. The Morgan fingerprint density at radius 1 is 1.47 bits per heavy atom. The van der Waals surface area contributed by atoms with Gasteiger partial charge in [-0.25, -0.2) is 18.1 Å². The van der Waals surface area contributed by atoms with Crippen LogP contribution in [0, 0.1) is 0 Å². The molecule has 0 aliphatic rings. The fourth-order valence-corrected chi connectivity index (χ4v) is 2.15. The fourth-order valence-electron chi connectivity index (χ4n) is 1.13. The molecular weight excluding hydrogens is 246 g/mol. The van der Waals surface area contributed by atoms with Crippen LogP contribution in [-0.2, 0) is 17.1 Å². The molecular formula is C7H9N7O2S. The molecule has 2 aromatic rings. The van der Waals surface area contributed by atoms with Crippen LogP contribution in [0.1, 0.15) is 0 Å². The molecule has 17 heavy (non-hydrogen) atoms. The normalized spacial score (nSPS) is 11.4. The molecule has 10 heteroatoms. The van der Waals surface area contributed by atoms with E-state index in [9.17, 15) is 8.42 Å². The standard InChI is InChI=1S/C7H9N7O2S/c1-14-11-7(10-13-14)12-17(15,16)5-3-2-4-9-6(5)8/h2-4H,1H3,(H2,8,9)(H,11,12). The number of pyridine rings is 1. The lowest BCUT2D eigenvalue weighted by Gasteiger charge is -2.05. The molecule has 3 N–H and O–H groups in total. The van der Waals surface area contributed by atoms with Gasteiger partial charge in [0.15, 0.2) is 0 Å². The van der Waals surface area contributed by atoms with Gasteiger partial charge in [0.1, 0.15) is 10.7 Å². The van der Waals surface area contributed by atoms with Crippen LogP contribution in [0.2, 0.25) is 0 Å². The molecule has 0 saturated heterocycles. The Bertz CT molecular complexity index is 635. The lowest BCUT2D eigenvalue weighted by atomic mass is 10.5. The van der Waals surface area contributed by atoms with Gasteiger partial charge in [0.2, 0.25) is 0 Å². The molecule has 0 aromatic carbocycles. The number of aryl methyl sites for hydroxylation is 1. The van der Waals surface area contributed by atoms with Crippen molar-refractivity contribution in [3.63, 3.8) is 0 Å². The molecule has 0 amide bonds. The summed E-state index contributed by atoms with van der Waals surface area (Å²) in [4.78, 5) is 4.69. The van der Waals surface area contributed by atoms with E-state index in [2.05, 4.69) is 25.1 Å². The molecule has 2 heterocycles. The van der Waals surface area contributed by atoms with Crippen LogP contribution in [0.3, 0.4) is 0 Å². The third-order valence-electron chi connectivity index (χ3n) is 1.82. The molecule has 0 aliphatic carbocycles. The number of anilines is 2. The lowest BCUT2D eigenvalue weighted by molar-refractivity contribution is 0.600. The van der Waals surface area contributed by atoms with Crippen molar-refractivity contribution in [2.75, 3.05) is 10.5 Å². The summed E-state index contributed by atoms with van der Waals surface area (Å²) in [7, 11) is -2.33. The summed E-state index contributed by atoms with van der Waals surface area (Å²) < 4.78 is 25.9. The molecule has 0 aliphatic heterocycles. The third kappa shape index (κ3) is 2.30. The molecule has 2 rings (SSSR count). The van der Waals surface area contributed by atoms with Crippen molar-refractivity contribution < 1.29 is 8.42 Å². The van der Waals surface area contributed by atoms with Crippen LogP contribution < -0.4 is 10.5 Å². The van der Waals surface area contributed by atoms with Crippen LogP contribution in [-0.4, -0.2) is 33.6 Å². The second-order valence-electron chi connectivity index (χ2n) is 3.09. The Morgan fingerprint density at radius 2 is 2.24 bits per heavy atom. The van der Waals surface area contributed by atoms with E-state index in [1.54, 1.807) is 0 Å². The Morgan fingerprint density at radius 3 is 2.82 bits per heavy atom. The van der Waals surface area contributed by atoms with Crippen molar-refractivity contribution >= 4 is 21.8 Å². The minimum atomic E-state index is -3.85. The molecule has 2 aromatic heterocycles. The number of tetrazole rings is 1. The second-order valence-corrected chi connectivity index (χ2v) is 4.75. The largest absolute Gasteiger partial charge is 0.383 e. The van der Waals surface area contributed by atoms with Gasteiger partial charge in [-0.3, -0.25) is 0 Å². The van der Waals surface area contributed by atoms with Crippen molar-refractivity contribution in [2.24, 2.45) is 7.05 Å². The zero-order valence-corrected chi connectivity index (χ0v) is 9.59. The number of hydrogen-bond acceptors (Lipinski definition) is 7. The van der Waals surface area contributed by atoms with E-state index >= 15 is 0 Å². The highest BCUT2D eigenvalue weighted by Crippen LogP contribution is 2.16. The Balaban J connectivity index is 2.35. The maximum Gasteiger partial charge on any atom is 0.277 e. The zero-order valence-electron chi connectivity index (χ0n) is 8.77. The third-order valence-corrected chi connectivity index (χ3v) is 3.20. The van der Waals surface area contributed by atoms with E-state index in [4.69, 9.17) is 5.73 Å². The highest BCUT2D eigenvalue weighted by molar-refractivity contribution is 7.92. The van der Waals surface area contributed by atoms with E-state index < -0.39 is 10.0 Å². The van der Waals surface area contributed by atoms with E-state index in [1.165, 1.54) is 25.4 Å². The van der Waals surface area contributed by atoms with Crippen molar-refractivity contribution in [1.29, 1.82) is 0 Å². The maximum atomic E-state index is 11.9.